The molecule has 2 N–H and O–H groups in total. The molecule has 2 saturated heterocycles. The summed E-state index contributed by atoms with van der Waals surface area (Å²) in [6, 6.07) is 0. The second kappa shape index (κ2) is 3.49. The van der Waals surface area contributed by atoms with Crippen molar-refractivity contribution in [2.45, 2.75) is 64.2 Å². The number of fused-ring (bicyclic) bond motifs is 2. The van der Waals surface area contributed by atoms with E-state index >= 15 is 0 Å². The monoisotopic (exact) mass is 197 g/mol. The summed E-state index contributed by atoms with van der Waals surface area (Å²) in [4.78, 5) is 0. The van der Waals surface area contributed by atoms with E-state index in [4.69, 9.17) is 10.5 Å². The highest BCUT2D eigenvalue weighted by Crippen LogP contribution is 2.46. The Kier molecular flexibility index (Phi) is 2.61. The highest BCUT2D eigenvalue weighted by molar-refractivity contribution is 5.07. The van der Waals surface area contributed by atoms with Gasteiger partial charge in [0.2, 0.25) is 0 Å². The van der Waals surface area contributed by atoms with E-state index in [1.54, 1.807) is 0 Å². The van der Waals surface area contributed by atoms with Crippen molar-refractivity contribution < 1.29 is 4.74 Å². The van der Waals surface area contributed by atoms with Crippen molar-refractivity contribution in [1.29, 1.82) is 0 Å². The predicted octanol–water partition coefficient (Wildman–Crippen LogP) is 2.32. The van der Waals surface area contributed by atoms with E-state index in [-0.39, 0.29) is 5.54 Å². The van der Waals surface area contributed by atoms with Crippen LogP contribution in [0.3, 0.4) is 0 Å². The van der Waals surface area contributed by atoms with Gasteiger partial charge in [-0.05, 0) is 31.1 Å². The summed E-state index contributed by atoms with van der Waals surface area (Å²) in [5, 5.41) is 0. The van der Waals surface area contributed by atoms with Crippen LogP contribution in [0.25, 0.3) is 0 Å². The molecule has 14 heavy (non-hydrogen) atoms. The predicted molar refractivity (Wildman–Crippen MR) is 58.0 cm³/mol. The Morgan fingerprint density at radius 2 is 2.14 bits per heavy atom. The van der Waals surface area contributed by atoms with Crippen LogP contribution in [-0.4, -0.2) is 17.7 Å². The molecule has 2 fully saturated rings. The SMILES string of the molecule is CCC(C)C(C)C1(N)CC2CCC1O2. The molecule has 0 aliphatic carbocycles. The molecule has 2 aliphatic heterocycles. The third-order valence-electron chi connectivity index (χ3n) is 4.63. The van der Waals surface area contributed by atoms with Crippen LogP contribution >= 0.6 is 0 Å². The zero-order valence-electron chi connectivity index (χ0n) is 9.62. The van der Waals surface area contributed by atoms with E-state index in [2.05, 4.69) is 20.8 Å². The first-order valence-corrected chi connectivity index (χ1v) is 6.02. The lowest BCUT2D eigenvalue weighted by Gasteiger charge is -2.40. The minimum absolute atomic E-state index is 0.0294. The molecule has 0 radical (unpaired) electrons. The number of nitrogens with two attached hydrogens (primary N) is 1. The van der Waals surface area contributed by atoms with Crippen LogP contribution in [0.2, 0.25) is 0 Å². The van der Waals surface area contributed by atoms with Crippen LogP contribution in [-0.2, 0) is 4.74 Å². The van der Waals surface area contributed by atoms with Crippen LogP contribution in [0.1, 0.15) is 46.5 Å². The Labute approximate surface area is 87.2 Å². The Morgan fingerprint density at radius 1 is 1.43 bits per heavy atom. The van der Waals surface area contributed by atoms with Crippen molar-refractivity contribution in [3.05, 3.63) is 0 Å². The number of hydrogen-bond donors (Lipinski definition) is 1. The molecule has 0 spiro atoms. The van der Waals surface area contributed by atoms with Gasteiger partial charge < -0.3 is 10.5 Å². The van der Waals surface area contributed by atoms with Crippen LogP contribution in [0.15, 0.2) is 0 Å². The highest BCUT2D eigenvalue weighted by Gasteiger charge is 2.53. The van der Waals surface area contributed by atoms with E-state index in [0.717, 1.165) is 6.42 Å². The van der Waals surface area contributed by atoms with Gasteiger partial charge in [-0.1, -0.05) is 27.2 Å². The summed E-state index contributed by atoms with van der Waals surface area (Å²) in [6.45, 7) is 6.86. The maximum absolute atomic E-state index is 6.54. The van der Waals surface area contributed by atoms with Crippen molar-refractivity contribution in [3.63, 3.8) is 0 Å². The smallest absolute Gasteiger partial charge is 0.0762 e. The Hall–Kier alpha value is -0.0800. The van der Waals surface area contributed by atoms with Crippen molar-refractivity contribution in [2.75, 3.05) is 0 Å². The summed E-state index contributed by atoms with van der Waals surface area (Å²) >= 11 is 0. The average Bonchev–Trinajstić information content (AvgIpc) is 2.75. The molecule has 2 nitrogen and oxygen atoms in total. The van der Waals surface area contributed by atoms with Crippen molar-refractivity contribution in [3.8, 4) is 0 Å². The molecule has 82 valence electrons. The van der Waals surface area contributed by atoms with Gasteiger partial charge in [0.1, 0.15) is 0 Å². The molecule has 0 aromatic rings. The van der Waals surface area contributed by atoms with Crippen LogP contribution in [0.5, 0.6) is 0 Å². The summed E-state index contributed by atoms with van der Waals surface area (Å²) < 4.78 is 5.88. The molecular formula is C12H23NO. The molecule has 2 heterocycles. The van der Waals surface area contributed by atoms with Crippen molar-refractivity contribution in [2.24, 2.45) is 17.6 Å². The lowest BCUT2D eigenvalue weighted by molar-refractivity contribution is 0.0623. The lowest BCUT2D eigenvalue weighted by Crippen LogP contribution is -2.55. The zero-order valence-corrected chi connectivity index (χ0v) is 9.62. The third-order valence-corrected chi connectivity index (χ3v) is 4.63. The van der Waals surface area contributed by atoms with Crippen LogP contribution < -0.4 is 5.73 Å². The normalized spacial score (nSPS) is 45.4. The van der Waals surface area contributed by atoms with Gasteiger partial charge >= 0.3 is 0 Å². The first kappa shape index (κ1) is 10.4. The first-order chi connectivity index (χ1) is 6.58. The van der Waals surface area contributed by atoms with Gasteiger partial charge in [-0.25, -0.2) is 0 Å². The molecule has 5 unspecified atom stereocenters. The summed E-state index contributed by atoms with van der Waals surface area (Å²) in [6.07, 6.45) is 5.53. The Balaban J connectivity index is 2.09. The van der Waals surface area contributed by atoms with Gasteiger partial charge in [-0.15, -0.1) is 0 Å². The number of hydrogen-bond acceptors (Lipinski definition) is 2. The van der Waals surface area contributed by atoms with Gasteiger partial charge in [0.25, 0.3) is 0 Å². The van der Waals surface area contributed by atoms with Gasteiger partial charge in [0, 0.05) is 5.54 Å². The van der Waals surface area contributed by atoms with E-state index < -0.39 is 0 Å². The molecule has 0 aromatic heterocycles. The average molecular weight is 197 g/mol. The van der Waals surface area contributed by atoms with E-state index in [0.29, 0.717) is 24.0 Å². The first-order valence-electron chi connectivity index (χ1n) is 6.02. The minimum Gasteiger partial charge on any atom is -0.373 e. The Bertz CT molecular complexity index is 218. The second-order valence-electron chi connectivity index (χ2n) is 5.31. The van der Waals surface area contributed by atoms with Crippen molar-refractivity contribution in [1.82, 2.24) is 0 Å². The maximum atomic E-state index is 6.54. The highest BCUT2D eigenvalue weighted by atomic mass is 16.5. The maximum Gasteiger partial charge on any atom is 0.0762 e. The molecule has 0 amide bonds. The zero-order chi connectivity index (χ0) is 10.3. The van der Waals surface area contributed by atoms with Crippen LogP contribution in [0, 0.1) is 11.8 Å². The summed E-state index contributed by atoms with van der Waals surface area (Å²) in [5.74, 6) is 1.30. The van der Waals surface area contributed by atoms with E-state index in [1.807, 2.05) is 0 Å². The Morgan fingerprint density at radius 3 is 2.57 bits per heavy atom. The molecule has 2 rings (SSSR count). The summed E-state index contributed by atoms with van der Waals surface area (Å²) in [7, 11) is 0. The van der Waals surface area contributed by atoms with Gasteiger partial charge in [-0.2, -0.15) is 0 Å². The second-order valence-corrected chi connectivity index (χ2v) is 5.31. The molecule has 2 bridgehead atoms. The molecule has 0 saturated carbocycles. The fraction of sp³-hybridized carbons (Fsp3) is 1.00. The molecule has 0 aromatic carbocycles. The van der Waals surface area contributed by atoms with Crippen molar-refractivity contribution >= 4 is 0 Å². The minimum atomic E-state index is -0.0294. The van der Waals surface area contributed by atoms with Gasteiger partial charge in [0.15, 0.2) is 0 Å². The summed E-state index contributed by atoms with van der Waals surface area (Å²) in [5.41, 5.74) is 6.51. The largest absolute Gasteiger partial charge is 0.373 e. The van der Waals surface area contributed by atoms with Gasteiger partial charge in [0.05, 0.1) is 12.2 Å². The van der Waals surface area contributed by atoms with E-state index in [1.165, 1.54) is 19.3 Å². The third kappa shape index (κ3) is 1.40. The lowest BCUT2D eigenvalue weighted by atomic mass is 9.69. The van der Waals surface area contributed by atoms with E-state index in [9.17, 15) is 0 Å². The fourth-order valence-electron chi connectivity index (χ4n) is 3.14. The number of rotatable bonds is 3. The van der Waals surface area contributed by atoms with Gasteiger partial charge in [-0.3, -0.25) is 0 Å². The molecule has 2 heteroatoms. The quantitative estimate of drug-likeness (QED) is 0.753. The standard InChI is InChI=1S/C12H23NO/c1-4-8(2)9(3)12(13)7-10-5-6-11(12)14-10/h8-11H,4-7,13H2,1-3H3. The fourth-order valence-corrected chi connectivity index (χ4v) is 3.14. The molecular weight excluding hydrogens is 174 g/mol. The topological polar surface area (TPSA) is 35.2 Å². The molecule has 2 aliphatic rings. The number of ether oxygens (including phenoxy) is 1. The molecule has 5 atom stereocenters. The van der Waals surface area contributed by atoms with Crippen LogP contribution in [0.4, 0.5) is 0 Å².